The second-order valence-electron chi connectivity index (χ2n) is 3.50. The minimum Gasteiger partial charge on any atom is -0.496 e. The number of nitrogens with two attached hydrogens (primary N) is 1. The maximum absolute atomic E-state index is 6.02. The summed E-state index contributed by atoms with van der Waals surface area (Å²) in [5.74, 6) is 0.816. The number of nitrogens with zero attached hydrogens (tertiary/aromatic N) is 3. The highest BCUT2D eigenvalue weighted by atomic mass is 35.5. The molecular weight excluding hydrogens is 240 g/mol. The van der Waals surface area contributed by atoms with Crippen molar-refractivity contribution in [3.8, 4) is 17.0 Å². The smallest absolute Gasteiger partial charge is 0.240 e. The summed E-state index contributed by atoms with van der Waals surface area (Å²) in [4.78, 5) is 4.10. The van der Waals surface area contributed by atoms with Gasteiger partial charge in [0.05, 0.1) is 19.0 Å². The summed E-state index contributed by atoms with van der Waals surface area (Å²) in [6.45, 7) is 1.91. The third kappa shape index (κ3) is 2.29. The molecule has 0 radical (unpaired) electrons. The molecule has 1 aromatic carbocycles. The topological polar surface area (TPSA) is 73.9 Å². The van der Waals surface area contributed by atoms with Crippen LogP contribution in [0.5, 0.6) is 5.75 Å². The Kier molecular flexibility index (Phi) is 3.10. The van der Waals surface area contributed by atoms with Gasteiger partial charge in [0.2, 0.25) is 5.95 Å². The van der Waals surface area contributed by atoms with Crippen molar-refractivity contribution in [2.24, 2.45) is 0 Å². The molecule has 0 saturated heterocycles. The molecule has 2 aromatic rings. The van der Waals surface area contributed by atoms with E-state index in [1.165, 1.54) is 6.20 Å². The number of ether oxygens (including phenoxy) is 1. The van der Waals surface area contributed by atoms with Crippen LogP contribution in [-0.2, 0) is 0 Å². The number of aryl methyl sites for hydroxylation is 1. The van der Waals surface area contributed by atoms with Crippen LogP contribution >= 0.6 is 11.6 Å². The number of hydrogen-bond acceptors (Lipinski definition) is 5. The van der Waals surface area contributed by atoms with E-state index in [1.54, 1.807) is 13.2 Å². The molecule has 0 unspecified atom stereocenters. The van der Waals surface area contributed by atoms with Crippen molar-refractivity contribution in [3.05, 3.63) is 28.9 Å². The standard InChI is InChI=1S/C11H11ClN4O/c1-6-3-7(12)4-8(10(6)17-2)9-5-14-16-11(13)15-9/h3-5H,1-2H3,(H2,13,15,16). The molecule has 0 bridgehead atoms. The van der Waals surface area contributed by atoms with Crippen LogP contribution < -0.4 is 10.5 Å². The third-order valence-corrected chi connectivity index (χ3v) is 2.51. The first-order chi connectivity index (χ1) is 8.11. The maximum Gasteiger partial charge on any atom is 0.240 e. The fourth-order valence-electron chi connectivity index (χ4n) is 1.64. The molecular formula is C11H11ClN4O. The highest BCUT2D eigenvalue weighted by molar-refractivity contribution is 6.31. The molecule has 5 nitrogen and oxygen atoms in total. The molecule has 0 spiro atoms. The fraction of sp³-hybridized carbons (Fsp3) is 0.182. The SMILES string of the molecule is COc1c(C)cc(Cl)cc1-c1cnnc(N)n1. The van der Waals surface area contributed by atoms with Gasteiger partial charge < -0.3 is 10.5 Å². The van der Waals surface area contributed by atoms with Crippen molar-refractivity contribution in [2.45, 2.75) is 6.92 Å². The van der Waals surface area contributed by atoms with E-state index in [2.05, 4.69) is 15.2 Å². The molecule has 0 aliphatic carbocycles. The van der Waals surface area contributed by atoms with Crippen molar-refractivity contribution in [3.63, 3.8) is 0 Å². The van der Waals surface area contributed by atoms with Gasteiger partial charge >= 0.3 is 0 Å². The molecule has 0 atom stereocenters. The lowest BCUT2D eigenvalue weighted by atomic mass is 10.1. The largest absolute Gasteiger partial charge is 0.496 e. The summed E-state index contributed by atoms with van der Waals surface area (Å²) >= 11 is 6.02. The molecule has 1 heterocycles. The van der Waals surface area contributed by atoms with Gasteiger partial charge in [-0.15, -0.1) is 5.10 Å². The first kappa shape index (κ1) is 11.6. The van der Waals surface area contributed by atoms with E-state index in [4.69, 9.17) is 22.1 Å². The number of aromatic nitrogens is 3. The number of methoxy groups -OCH3 is 1. The minimum absolute atomic E-state index is 0.113. The third-order valence-electron chi connectivity index (χ3n) is 2.29. The number of rotatable bonds is 2. The zero-order valence-electron chi connectivity index (χ0n) is 9.44. The second-order valence-corrected chi connectivity index (χ2v) is 3.94. The number of anilines is 1. The van der Waals surface area contributed by atoms with Crippen molar-refractivity contribution in [1.82, 2.24) is 15.2 Å². The van der Waals surface area contributed by atoms with Gasteiger partial charge in [-0.05, 0) is 24.6 Å². The Morgan fingerprint density at radius 2 is 2.12 bits per heavy atom. The van der Waals surface area contributed by atoms with Crippen LogP contribution in [0.4, 0.5) is 5.95 Å². The van der Waals surface area contributed by atoms with E-state index in [0.717, 1.165) is 11.1 Å². The van der Waals surface area contributed by atoms with Crippen LogP contribution in [0.1, 0.15) is 5.56 Å². The minimum atomic E-state index is 0.113. The Bertz CT molecular complexity index is 559. The van der Waals surface area contributed by atoms with E-state index >= 15 is 0 Å². The number of halogens is 1. The summed E-state index contributed by atoms with van der Waals surface area (Å²) < 4.78 is 5.34. The van der Waals surface area contributed by atoms with Crippen molar-refractivity contribution in [1.29, 1.82) is 0 Å². The quantitative estimate of drug-likeness (QED) is 0.883. The average molecular weight is 251 g/mol. The molecule has 17 heavy (non-hydrogen) atoms. The first-order valence-corrected chi connectivity index (χ1v) is 5.29. The molecule has 88 valence electrons. The number of benzene rings is 1. The van der Waals surface area contributed by atoms with Crippen molar-refractivity contribution >= 4 is 17.5 Å². The van der Waals surface area contributed by atoms with E-state index in [0.29, 0.717) is 16.5 Å². The number of hydrogen-bond donors (Lipinski definition) is 1. The predicted molar refractivity (Wildman–Crippen MR) is 66.0 cm³/mol. The van der Waals surface area contributed by atoms with Crippen molar-refractivity contribution < 1.29 is 4.74 Å². The van der Waals surface area contributed by atoms with Gasteiger partial charge in [-0.1, -0.05) is 11.6 Å². The van der Waals surface area contributed by atoms with Crippen LogP contribution in [0.2, 0.25) is 5.02 Å². The highest BCUT2D eigenvalue weighted by Gasteiger charge is 2.12. The fourth-order valence-corrected chi connectivity index (χ4v) is 1.91. The molecule has 2 N–H and O–H groups in total. The molecule has 1 aromatic heterocycles. The van der Waals surface area contributed by atoms with E-state index in [9.17, 15) is 0 Å². The maximum atomic E-state index is 6.02. The van der Waals surface area contributed by atoms with E-state index in [1.807, 2.05) is 13.0 Å². The Labute approximate surface area is 104 Å². The van der Waals surface area contributed by atoms with Crippen LogP contribution in [-0.4, -0.2) is 22.3 Å². The summed E-state index contributed by atoms with van der Waals surface area (Å²) in [6, 6.07) is 3.58. The van der Waals surface area contributed by atoms with Crippen molar-refractivity contribution in [2.75, 3.05) is 12.8 Å². The van der Waals surface area contributed by atoms with E-state index in [-0.39, 0.29) is 5.95 Å². The Morgan fingerprint density at radius 1 is 1.35 bits per heavy atom. The second kappa shape index (κ2) is 4.55. The van der Waals surface area contributed by atoms with Crippen LogP contribution in [0.3, 0.4) is 0 Å². The summed E-state index contributed by atoms with van der Waals surface area (Å²) in [5.41, 5.74) is 7.76. The predicted octanol–water partition coefficient (Wildman–Crippen LogP) is 2.09. The summed E-state index contributed by atoms with van der Waals surface area (Å²) in [7, 11) is 1.59. The Hall–Kier alpha value is -1.88. The zero-order valence-corrected chi connectivity index (χ0v) is 10.2. The van der Waals surface area contributed by atoms with Gasteiger partial charge in [0, 0.05) is 10.6 Å². The highest BCUT2D eigenvalue weighted by Crippen LogP contribution is 2.34. The lowest BCUT2D eigenvalue weighted by Gasteiger charge is -2.11. The van der Waals surface area contributed by atoms with Crippen LogP contribution in [0, 0.1) is 6.92 Å². The van der Waals surface area contributed by atoms with Gasteiger partial charge in [-0.25, -0.2) is 4.98 Å². The van der Waals surface area contributed by atoms with Gasteiger partial charge in [0.15, 0.2) is 0 Å². The summed E-state index contributed by atoms with van der Waals surface area (Å²) in [6.07, 6.45) is 1.52. The van der Waals surface area contributed by atoms with E-state index < -0.39 is 0 Å². The molecule has 0 amide bonds. The first-order valence-electron chi connectivity index (χ1n) is 4.91. The molecule has 6 heteroatoms. The monoisotopic (exact) mass is 250 g/mol. The van der Waals surface area contributed by atoms with Gasteiger partial charge in [0.25, 0.3) is 0 Å². The lowest BCUT2D eigenvalue weighted by Crippen LogP contribution is -2.00. The lowest BCUT2D eigenvalue weighted by molar-refractivity contribution is 0.413. The van der Waals surface area contributed by atoms with Gasteiger partial charge in [0.1, 0.15) is 5.75 Å². The average Bonchev–Trinajstić information content (AvgIpc) is 2.28. The molecule has 0 aliphatic heterocycles. The summed E-state index contributed by atoms with van der Waals surface area (Å²) in [5, 5.41) is 7.97. The van der Waals surface area contributed by atoms with Gasteiger partial charge in [-0.2, -0.15) is 5.10 Å². The molecule has 0 saturated carbocycles. The number of nitrogen functional groups attached to an aromatic ring is 1. The molecule has 0 fully saturated rings. The van der Waals surface area contributed by atoms with Gasteiger partial charge in [-0.3, -0.25) is 0 Å². The van der Waals surface area contributed by atoms with Crippen LogP contribution in [0.15, 0.2) is 18.3 Å². The Balaban J connectivity index is 2.65. The Morgan fingerprint density at radius 3 is 2.76 bits per heavy atom. The molecule has 2 rings (SSSR count). The zero-order chi connectivity index (χ0) is 12.4. The molecule has 0 aliphatic rings. The normalized spacial score (nSPS) is 10.3. The van der Waals surface area contributed by atoms with Crippen LogP contribution in [0.25, 0.3) is 11.3 Å².